The molecule has 0 bridgehead atoms. The lowest BCUT2D eigenvalue weighted by atomic mass is 10.1. The molecule has 1 fully saturated rings. The molecule has 1 aromatic rings. The molecular formula is C18H23NO7S. The number of hydrogen-bond acceptors (Lipinski definition) is 7. The number of ether oxygens (including phenoxy) is 3. The largest absolute Gasteiger partial charge is 0.493 e. The fourth-order valence-corrected chi connectivity index (χ4v) is 4.54. The van der Waals surface area contributed by atoms with E-state index in [0.717, 1.165) is 0 Å². The summed E-state index contributed by atoms with van der Waals surface area (Å²) in [6.07, 6.45) is 3.08. The molecule has 1 saturated heterocycles. The molecule has 2 rings (SSSR count). The first-order chi connectivity index (χ1) is 12.8. The Bertz CT molecular complexity index is 832. The summed E-state index contributed by atoms with van der Waals surface area (Å²) < 4.78 is 38.4. The molecule has 1 heterocycles. The number of benzene rings is 1. The molecule has 0 N–H and O–H groups in total. The van der Waals surface area contributed by atoms with Gasteiger partial charge in [0.05, 0.1) is 25.7 Å². The molecule has 27 heavy (non-hydrogen) atoms. The average molecular weight is 397 g/mol. The van der Waals surface area contributed by atoms with Crippen molar-refractivity contribution in [1.82, 2.24) is 4.90 Å². The van der Waals surface area contributed by atoms with Gasteiger partial charge in [-0.25, -0.2) is 13.2 Å². The van der Waals surface area contributed by atoms with Crippen molar-refractivity contribution >= 4 is 27.8 Å². The third-order valence-corrected chi connectivity index (χ3v) is 6.07. The van der Waals surface area contributed by atoms with E-state index >= 15 is 0 Å². The summed E-state index contributed by atoms with van der Waals surface area (Å²) in [6.45, 7) is -0.453. The topological polar surface area (TPSA) is 99.2 Å². The van der Waals surface area contributed by atoms with Crippen molar-refractivity contribution in [1.29, 1.82) is 0 Å². The zero-order chi connectivity index (χ0) is 20.0. The van der Waals surface area contributed by atoms with Crippen LogP contribution in [0.15, 0.2) is 24.3 Å². The standard InChI is InChI=1S/C18H23NO7S/c1-19(14-9-10-27(22,23)12-14)16(20)11-26-17(21)8-7-13-5-4-6-15(24-2)18(13)25-3/h4-8,14H,9-12H2,1-3H3/b8-7+/t14-/m1/s1. The minimum Gasteiger partial charge on any atom is -0.493 e. The van der Waals surface area contributed by atoms with Crippen LogP contribution in [0.1, 0.15) is 12.0 Å². The van der Waals surface area contributed by atoms with Crippen molar-refractivity contribution in [3.8, 4) is 11.5 Å². The van der Waals surface area contributed by atoms with E-state index in [4.69, 9.17) is 14.2 Å². The van der Waals surface area contributed by atoms with E-state index in [-0.39, 0.29) is 17.5 Å². The lowest BCUT2D eigenvalue weighted by Gasteiger charge is -2.22. The first-order valence-corrected chi connectivity index (χ1v) is 10.1. The third kappa shape index (κ3) is 5.46. The van der Waals surface area contributed by atoms with Crippen molar-refractivity contribution < 1.29 is 32.2 Å². The summed E-state index contributed by atoms with van der Waals surface area (Å²) in [5.74, 6) is -0.129. The molecule has 1 atom stereocenters. The Hall–Kier alpha value is -2.55. The number of para-hydroxylation sites is 1. The molecular weight excluding hydrogens is 374 g/mol. The maximum absolute atomic E-state index is 12.1. The van der Waals surface area contributed by atoms with Crippen LogP contribution in [0.2, 0.25) is 0 Å². The Balaban J connectivity index is 1.91. The zero-order valence-corrected chi connectivity index (χ0v) is 16.3. The van der Waals surface area contributed by atoms with Crippen LogP contribution in [0.25, 0.3) is 6.08 Å². The van der Waals surface area contributed by atoms with E-state index in [0.29, 0.717) is 23.5 Å². The van der Waals surface area contributed by atoms with Gasteiger partial charge in [-0.3, -0.25) is 4.79 Å². The number of sulfone groups is 1. The lowest BCUT2D eigenvalue weighted by Crippen LogP contribution is -2.40. The van der Waals surface area contributed by atoms with Gasteiger partial charge in [-0.05, 0) is 18.6 Å². The van der Waals surface area contributed by atoms with E-state index < -0.39 is 28.3 Å². The Morgan fingerprint density at radius 2 is 2.00 bits per heavy atom. The van der Waals surface area contributed by atoms with Crippen molar-refractivity contribution in [3.63, 3.8) is 0 Å². The number of esters is 1. The van der Waals surface area contributed by atoms with Crippen LogP contribution >= 0.6 is 0 Å². The van der Waals surface area contributed by atoms with E-state index in [1.807, 2.05) is 0 Å². The lowest BCUT2D eigenvalue weighted by molar-refractivity contribution is -0.148. The summed E-state index contributed by atoms with van der Waals surface area (Å²) in [5.41, 5.74) is 0.619. The molecule has 1 amide bonds. The van der Waals surface area contributed by atoms with E-state index in [2.05, 4.69) is 0 Å². The highest BCUT2D eigenvalue weighted by molar-refractivity contribution is 7.91. The summed E-state index contributed by atoms with van der Waals surface area (Å²) in [7, 11) is 1.42. The molecule has 0 spiro atoms. The zero-order valence-electron chi connectivity index (χ0n) is 15.5. The maximum atomic E-state index is 12.1. The van der Waals surface area contributed by atoms with Crippen LogP contribution in [0, 0.1) is 0 Å². The number of likely N-dealkylation sites (N-methyl/N-ethyl adjacent to an activating group) is 1. The smallest absolute Gasteiger partial charge is 0.331 e. The molecule has 1 aliphatic rings. The van der Waals surface area contributed by atoms with E-state index in [1.165, 1.54) is 38.3 Å². The molecule has 0 saturated carbocycles. The fourth-order valence-electron chi connectivity index (χ4n) is 2.77. The number of amides is 1. The van der Waals surface area contributed by atoms with Gasteiger partial charge in [0.15, 0.2) is 27.9 Å². The minimum absolute atomic E-state index is 0.0568. The van der Waals surface area contributed by atoms with Gasteiger partial charge < -0.3 is 19.1 Å². The minimum atomic E-state index is -3.09. The molecule has 1 aliphatic heterocycles. The van der Waals surface area contributed by atoms with Gasteiger partial charge in [0.25, 0.3) is 5.91 Å². The number of nitrogens with zero attached hydrogens (tertiary/aromatic N) is 1. The van der Waals surface area contributed by atoms with Crippen LogP contribution in [-0.2, 0) is 24.2 Å². The summed E-state index contributed by atoms with van der Waals surface area (Å²) in [5, 5.41) is 0. The number of carbonyl (C=O) groups excluding carboxylic acids is 2. The second-order valence-corrected chi connectivity index (χ2v) is 8.31. The number of hydrogen-bond donors (Lipinski definition) is 0. The Labute approximate surface area is 158 Å². The molecule has 0 radical (unpaired) electrons. The first-order valence-electron chi connectivity index (χ1n) is 8.29. The Morgan fingerprint density at radius 3 is 2.59 bits per heavy atom. The van der Waals surface area contributed by atoms with Gasteiger partial charge in [0.2, 0.25) is 0 Å². The molecule has 9 heteroatoms. The molecule has 1 aromatic carbocycles. The third-order valence-electron chi connectivity index (χ3n) is 4.32. The average Bonchev–Trinajstić information content (AvgIpc) is 3.02. The predicted octanol–water partition coefficient (Wildman–Crippen LogP) is 0.906. The van der Waals surface area contributed by atoms with E-state index in [1.54, 1.807) is 18.2 Å². The monoisotopic (exact) mass is 397 g/mol. The normalized spacial score (nSPS) is 18.3. The van der Waals surface area contributed by atoms with Crippen molar-refractivity contribution in [2.24, 2.45) is 0 Å². The van der Waals surface area contributed by atoms with Gasteiger partial charge in [0.1, 0.15) is 0 Å². The van der Waals surface area contributed by atoms with Crippen LogP contribution < -0.4 is 9.47 Å². The Kier molecular flexibility index (Phi) is 6.84. The highest BCUT2D eigenvalue weighted by Gasteiger charge is 2.32. The van der Waals surface area contributed by atoms with Crippen LogP contribution in [0.4, 0.5) is 0 Å². The van der Waals surface area contributed by atoms with Crippen molar-refractivity contribution in [3.05, 3.63) is 29.8 Å². The molecule has 148 valence electrons. The van der Waals surface area contributed by atoms with Gasteiger partial charge in [0, 0.05) is 24.7 Å². The number of methoxy groups -OCH3 is 2. The van der Waals surface area contributed by atoms with Crippen LogP contribution in [0.3, 0.4) is 0 Å². The summed E-state index contributed by atoms with van der Waals surface area (Å²) >= 11 is 0. The maximum Gasteiger partial charge on any atom is 0.331 e. The quantitative estimate of drug-likeness (QED) is 0.498. The van der Waals surface area contributed by atoms with Crippen LogP contribution in [0.5, 0.6) is 11.5 Å². The summed E-state index contributed by atoms with van der Waals surface area (Å²) in [4.78, 5) is 25.3. The Morgan fingerprint density at radius 1 is 1.26 bits per heavy atom. The summed E-state index contributed by atoms with van der Waals surface area (Å²) in [6, 6.07) is 4.84. The van der Waals surface area contributed by atoms with E-state index in [9.17, 15) is 18.0 Å². The highest BCUT2D eigenvalue weighted by Crippen LogP contribution is 2.31. The van der Waals surface area contributed by atoms with Gasteiger partial charge in [-0.1, -0.05) is 12.1 Å². The second-order valence-electron chi connectivity index (χ2n) is 6.09. The second kappa shape index (κ2) is 8.90. The van der Waals surface area contributed by atoms with Crippen molar-refractivity contribution in [2.45, 2.75) is 12.5 Å². The van der Waals surface area contributed by atoms with Gasteiger partial charge in [-0.2, -0.15) is 0 Å². The first kappa shape index (κ1) is 20.8. The number of rotatable bonds is 7. The van der Waals surface area contributed by atoms with Crippen LogP contribution in [-0.4, -0.2) is 70.6 Å². The molecule has 8 nitrogen and oxygen atoms in total. The number of carbonyl (C=O) groups is 2. The highest BCUT2D eigenvalue weighted by atomic mass is 32.2. The fraction of sp³-hybridized carbons (Fsp3) is 0.444. The predicted molar refractivity (Wildman–Crippen MR) is 99.4 cm³/mol. The molecule has 0 unspecified atom stereocenters. The molecule has 0 aliphatic carbocycles. The molecule has 0 aromatic heterocycles. The van der Waals surface area contributed by atoms with Gasteiger partial charge >= 0.3 is 5.97 Å². The SMILES string of the molecule is COc1cccc(/C=C/C(=O)OCC(=O)N(C)[C@@H]2CCS(=O)(=O)C2)c1OC. The van der Waals surface area contributed by atoms with Crippen molar-refractivity contribution in [2.75, 3.05) is 39.4 Å². The van der Waals surface area contributed by atoms with Gasteiger partial charge in [-0.15, -0.1) is 0 Å².